The molecule has 0 aliphatic heterocycles. The lowest BCUT2D eigenvalue weighted by atomic mass is 10.1. The lowest BCUT2D eigenvalue weighted by molar-refractivity contribution is -0.138. The van der Waals surface area contributed by atoms with Crippen molar-refractivity contribution in [3.8, 4) is 0 Å². The molecule has 1 heterocycles. The normalized spacial score (nSPS) is 10.7. The van der Waals surface area contributed by atoms with Crippen LogP contribution in [-0.2, 0) is 16.0 Å². The van der Waals surface area contributed by atoms with Crippen molar-refractivity contribution in [1.29, 1.82) is 0 Å². The Bertz CT molecular complexity index is 401. The highest BCUT2D eigenvalue weighted by molar-refractivity contribution is 7.10. The van der Waals surface area contributed by atoms with Gasteiger partial charge in [0.1, 0.15) is 0 Å². The number of hydrogen-bond donors (Lipinski definition) is 1. The summed E-state index contributed by atoms with van der Waals surface area (Å²) in [6.07, 6.45) is 1.28. The molecule has 0 atom stereocenters. The summed E-state index contributed by atoms with van der Waals surface area (Å²) >= 11 is 1.55. The Morgan fingerprint density at radius 3 is 2.63 bits per heavy atom. The molecule has 1 rings (SSSR count). The predicted molar refractivity (Wildman–Crippen MR) is 76.3 cm³/mol. The number of nitrogens with zero attached hydrogens (tertiary/aromatic N) is 1. The molecular formula is C14H21NO3S. The fraction of sp³-hybridized carbons (Fsp3) is 0.571. The molecule has 4 nitrogen and oxygen atoms in total. The molecule has 5 heteroatoms. The van der Waals surface area contributed by atoms with Crippen LogP contribution < -0.4 is 0 Å². The van der Waals surface area contributed by atoms with Gasteiger partial charge in [0.25, 0.3) is 0 Å². The molecule has 0 radical (unpaired) electrons. The first-order valence-electron chi connectivity index (χ1n) is 6.51. The van der Waals surface area contributed by atoms with Gasteiger partial charge in [-0.05, 0) is 23.8 Å². The van der Waals surface area contributed by atoms with Gasteiger partial charge in [-0.15, -0.1) is 11.3 Å². The van der Waals surface area contributed by atoms with Crippen LogP contribution in [0.3, 0.4) is 0 Å². The molecule has 0 unspecified atom stereocenters. The highest BCUT2D eigenvalue weighted by atomic mass is 32.1. The average molecular weight is 283 g/mol. The third kappa shape index (κ3) is 6.38. The van der Waals surface area contributed by atoms with E-state index in [1.165, 1.54) is 0 Å². The van der Waals surface area contributed by atoms with Crippen molar-refractivity contribution < 1.29 is 14.7 Å². The van der Waals surface area contributed by atoms with Gasteiger partial charge in [-0.2, -0.15) is 0 Å². The maximum atomic E-state index is 12.2. The van der Waals surface area contributed by atoms with Crippen LogP contribution in [-0.4, -0.2) is 35.0 Å². The topological polar surface area (TPSA) is 57.6 Å². The fourth-order valence-corrected chi connectivity index (χ4v) is 2.38. The molecule has 0 spiro atoms. The van der Waals surface area contributed by atoms with Gasteiger partial charge in [-0.3, -0.25) is 9.59 Å². The molecule has 0 saturated heterocycles. The standard InChI is InChI=1S/C14H21NO3S/c1-11(2)5-7-15(8-6-14(17)18)13(16)10-12-4-3-9-19-12/h3-4,9,11H,5-8,10H2,1-2H3,(H,17,18). The molecule has 0 bridgehead atoms. The van der Waals surface area contributed by atoms with Crippen LogP contribution in [0.2, 0.25) is 0 Å². The van der Waals surface area contributed by atoms with E-state index in [0.717, 1.165) is 11.3 Å². The Morgan fingerprint density at radius 2 is 2.11 bits per heavy atom. The van der Waals surface area contributed by atoms with Crippen molar-refractivity contribution in [2.45, 2.75) is 33.1 Å². The molecule has 1 aromatic rings. The maximum Gasteiger partial charge on any atom is 0.305 e. The van der Waals surface area contributed by atoms with E-state index >= 15 is 0 Å². The van der Waals surface area contributed by atoms with E-state index in [-0.39, 0.29) is 12.3 Å². The van der Waals surface area contributed by atoms with Gasteiger partial charge in [-0.25, -0.2) is 0 Å². The number of thiophene rings is 1. The Balaban J connectivity index is 2.54. The molecule has 106 valence electrons. The lowest BCUT2D eigenvalue weighted by Gasteiger charge is -2.22. The molecule has 0 aliphatic rings. The van der Waals surface area contributed by atoms with Crippen LogP contribution in [0.5, 0.6) is 0 Å². The third-order valence-electron chi connectivity index (χ3n) is 2.83. The number of hydrogen-bond acceptors (Lipinski definition) is 3. The summed E-state index contributed by atoms with van der Waals surface area (Å²) in [6, 6.07) is 3.85. The smallest absolute Gasteiger partial charge is 0.305 e. The summed E-state index contributed by atoms with van der Waals surface area (Å²) in [5, 5.41) is 10.7. The third-order valence-corrected chi connectivity index (χ3v) is 3.71. The first kappa shape index (κ1) is 15.7. The zero-order chi connectivity index (χ0) is 14.3. The van der Waals surface area contributed by atoms with E-state index in [1.807, 2.05) is 17.5 Å². The lowest BCUT2D eigenvalue weighted by Crippen LogP contribution is -2.35. The van der Waals surface area contributed by atoms with Gasteiger partial charge in [-0.1, -0.05) is 19.9 Å². The Morgan fingerprint density at radius 1 is 1.37 bits per heavy atom. The van der Waals surface area contributed by atoms with E-state index in [0.29, 0.717) is 25.4 Å². The number of aliphatic carboxylic acids is 1. The molecule has 0 fully saturated rings. The summed E-state index contributed by atoms with van der Waals surface area (Å²) < 4.78 is 0. The van der Waals surface area contributed by atoms with Crippen molar-refractivity contribution in [1.82, 2.24) is 4.90 Å². The number of carbonyl (C=O) groups is 2. The van der Waals surface area contributed by atoms with Crippen LogP contribution in [0.1, 0.15) is 31.6 Å². The van der Waals surface area contributed by atoms with E-state index in [4.69, 9.17) is 5.11 Å². The van der Waals surface area contributed by atoms with E-state index in [9.17, 15) is 9.59 Å². The second-order valence-electron chi connectivity index (χ2n) is 4.96. The van der Waals surface area contributed by atoms with Crippen molar-refractivity contribution in [2.24, 2.45) is 5.92 Å². The summed E-state index contributed by atoms with van der Waals surface area (Å²) in [5.74, 6) is -0.343. The molecule has 1 aromatic heterocycles. The van der Waals surface area contributed by atoms with E-state index in [2.05, 4.69) is 13.8 Å². The Hall–Kier alpha value is -1.36. The summed E-state index contributed by atoms with van der Waals surface area (Å²) in [6.45, 7) is 5.12. The molecule has 0 aliphatic carbocycles. The molecule has 1 N–H and O–H groups in total. The summed E-state index contributed by atoms with van der Waals surface area (Å²) in [5.41, 5.74) is 0. The van der Waals surface area contributed by atoms with Crippen LogP contribution >= 0.6 is 11.3 Å². The van der Waals surface area contributed by atoms with Crippen molar-refractivity contribution in [3.05, 3.63) is 22.4 Å². The Kier molecular flexibility index (Phi) is 6.56. The van der Waals surface area contributed by atoms with Crippen LogP contribution in [0.25, 0.3) is 0 Å². The summed E-state index contributed by atoms with van der Waals surface area (Å²) in [4.78, 5) is 25.5. The predicted octanol–water partition coefficient (Wildman–Crippen LogP) is 2.64. The van der Waals surface area contributed by atoms with Gasteiger partial charge < -0.3 is 10.0 Å². The minimum absolute atomic E-state index is 0.00821. The maximum absolute atomic E-state index is 12.2. The van der Waals surface area contributed by atoms with Crippen LogP contribution in [0.4, 0.5) is 0 Å². The van der Waals surface area contributed by atoms with E-state index in [1.54, 1.807) is 16.2 Å². The highest BCUT2D eigenvalue weighted by Crippen LogP contribution is 2.12. The van der Waals surface area contributed by atoms with Crippen LogP contribution in [0.15, 0.2) is 17.5 Å². The minimum Gasteiger partial charge on any atom is -0.481 e. The summed E-state index contributed by atoms with van der Waals surface area (Å²) in [7, 11) is 0. The zero-order valence-electron chi connectivity index (χ0n) is 11.5. The zero-order valence-corrected chi connectivity index (χ0v) is 12.3. The SMILES string of the molecule is CC(C)CCN(CCC(=O)O)C(=O)Cc1cccs1. The van der Waals surface area contributed by atoms with Gasteiger partial charge in [0, 0.05) is 18.0 Å². The number of carboxylic acids is 1. The van der Waals surface area contributed by atoms with Crippen molar-refractivity contribution >= 4 is 23.2 Å². The molecule has 0 aromatic carbocycles. The average Bonchev–Trinajstić information content (AvgIpc) is 2.80. The highest BCUT2D eigenvalue weighted by Gasteiger charge is 2.16. The number of rotatable bonds is 8. The second-order valence-corrected chi connectivity index (χ2v) is 6.00. The van der Waals surface area contributed by atoms with E-state index < -0.39 is 5.97 Å². The van der Waals surface area contributed by atoms with Gasteiger partial charge in [0.15, 0.2) is 0 Å². The largest absolute Gasteiger partial charge is 0.481 e. The molecule has 0 saturated carbocycles. The minimum atomic E-state index is -0.863. The molecule has 19 heavy (non-hydrogen) atoms. The number of carbonyl (C=O) groups excluding carboxylic acids is 1. The molecule has 1 amide bonds. The van der Waals surface area contributed by atoms with Crippen molar-refractivity contribution in [3.63, 3.8) is 0 Å². The van der Waals surface area contributed by atoms with Gasteiger partial charge >= 0.3 is 5.97 Å². The monoisotopic (exact) mass is 283 g/mol. The number of amides is 1. The quantitative estimate of drug-likeness (QED) is 0.798. The second kappa shape index (κ2) is 7.94. The molecular weight excluding hydrogens is 262 g/mol. The van der Waals surface area contributed by atoms with Gasteiger partial charge in [0.05, 0.1) is 12.8 Å². The van der Waals surface area contributed by atoms with Crippen molar-refractivity contribution in [2.75, 3.05) is 13.1 Å². The van der Waals surface area contributed by atoms with Crippen LogP contribution in [0, 0.1) is 5.92 Å². The first-order chi connectivity index (χ1) is 8.99. The fourth-order valence-electron chi connectivity index (χ4n) is 1.68. The van der Waals surface area contributed by atoms with Gasteiger partial charge in [0.2, 0.25) is 5.91 Å². The Labute approximate surface area is 118 Å². The number of carboxylic acid groups (broad SMARTS) is 1. The first-order valence-corrected chi connectivity index (χ1v) is 7.39.